The lowest BCUT2D eigenvalue weighted by molar-refractivity contribution is 0.262. The van der Waals surface area contributed by atoms with Gasteiger partial charge in [0.25, 0.3) is 0 Å². The maximum Gasteiger partial charge on any atom is 0.323 e. The number of benzene rings is 1. The predicted molar refractivity (Wildman–Crippen MR) is 84.6 cm³/mol. The van der Waals surface area contributed by atoms with E-state index in [1.54, 1.807) is 0 Å². The first-order valence-electron chi connectivity index (χ1n) is 6.88. The molecule has 1 aromatic heterocycles. The maximum absolute atomic E-state index is 12.1. The van der Waals surface area contributed by atoms with Crippen molar-refractivity contribution >= 4 is 17.4 Å². The molecule has 1 aromatic carbocycles. The molecular weight excluding hydrogens is 266 g/mol. The van der Waals surface area contributed by atoms with Crippen LogP contribution in [-0.2, 0) is 0 Å². The highest BCUT2D eigenvalue weighted by Gasteiger charge is 2.10. The SMILES string of the molecule is CNC(C)c1cccc(NC(=O)Nc2c(C)n[nH]c2C)c1. The van der Waals surface area contributed by atoms with Gasteiger partial charge in [0.2, 0.25) is 0 Å². The number of aryl methyl sites for hydroxylation is 2. The minimum Gasteiger partial charge on any atom is -0.313 e. The van der Waals surface area contributed by atoms with Crippen LogP contribution in [0.5, 0.6) is 0 Å². The zero-order valence-electron chi connectivity index (χ0n) is 12.7. The third-order valence-corrected chi connectivity index (χ3v) is 3.44. The Balaban J connectivity index is 2.06. The van der Waals surface area contributed by atoms with Gasteiger partial charge < -0.3 is 16.0 Å². The summed E-state index contributed by atoms with van der Waals surface area (Å²) in [5.74, 6) is 0. The maximum atomic E-state index is 12.1. The highest BCUT2D eigenvalue weighted by Crippen LogP contribution is 2.19. The Morgan fingerprint density at radius 1 is 1.29 bits per heavy atom. The van der Waals surface area contributed by atoms with Crippen molar-refractivity contribution in [1.29, 1.82) is 0 Å². The summed E-state index contributed by atoms with van der Waals surface area (Å²) in [6.45, 7) is 5.77. The van der Waals surface area contributed by atoms with Crippen molar-refractivity contribution in [3.8, 4) is 0 Å². The van der Waals surface area contributed by atoms with Crippen LogP contribution in [0.3, 0.4) is 0 Å². The summed E-state index contributed by atoms with van der Waals surface area (Å²) in [6.07, 6.45) is 0. The van der Waals surface area contributed by atoms with Crippen molar-refractivity contribution in [1.82, 2.24) is 15.5 Å². The zero-order valence-corrected chi connectivity index (χ0v) is 12.7. The lowest BCUT2D eigenvalue weighted by Crippen LogP contribution is -2.20. The summed E-state index contributed by atoms with van der Waals surface area (Å²) < 4.78 is 0. The first-order chi connectivity index (χ1) is 10.0. The van der Waals surface area contributed by atoms with Gasteiger partial charge in [-0.05, 0) is 45.5 Å². The first-order valence-corrected chi connectivity index (χ1v) is 6.88. The summed E-state index contributed by atoms with van der Waals surface area (Å²) in [5, 5.41) is 15.7. The van der Waals surface area contributed by atoms with E-state index in [1.165, 1.54) is 0 Å². The Bertz CT molecular complexity index is 615. The first kappa shape index (κ1) is 15.1. The minimum absolute atomic E-state index is 0.230. The second-order valence-electron chi connectivity index (χ2n) is 5.02. The molecule has 0 aliphatic carbocycles. The summed E-state index contributed by atoms with van der Waals surface area (Å²) in [6, 6.07) is 7.71. The molecule has 0 bridgehead atoms. The van der Waals surface area contributed by atoms with Crippen LogP contribution in [0.2, 0.25) is 0 Å². The summed E-state index contributed by atoms with van der Waals surface area (Å²) in [4.78, 5) is 12.1. The zero-order chi connectivity index (χ0) is 15.4. The molecule has 0 fully saturated rings. The number of carbonyl (C=O) groups is 1. The standard InChI is InChI=1S/C15H21N5O/c1-9(16-4)12-6-5-7-13(8-12)17-15(21)18-14-10(2)19-20-11(14)3/h5-9,16H,1-4H3,(H,19,20)(H2,17,18,21). The number of hydrogen-bond donors (Lipinski definition) is 4. The molecule has 1 heterocycles. The van der Waals surface area contributed by atoms with E-state index >= 15 is 0 Å². The molecular formula is C15H21N5O. The lowest BCUT2D eigenvalue weighted by atomic mass is 10.1. The molecule has 6 nitrogen and oxygen atoms in total. The second-order valence-corrected chi connectivity index (χ2v) is 5.02. The third kappa shape index (κ3) is 3.61. The quantitative estimate of drug-likeness (QED) is 0.698. The molecule has 0 saturated heterocycles. The average molecular weight is 287 g/mol. The van der Waals surface area contributed by atoms with E-state index in [0.717, 1.165) is 22.6 Å². The van der Waals surface area contributed by atoms with Crippen LogP contribution in [0.15, 0.2) is 24.3 Å². The smallest absolute Gasteiger partial charge is 0.313 e. The fourth-order valence-electron chi connectivity index (χ4n) is 2.06. The van der Waals surface area contributed by atoms with E-state index < -0.39 is 0 Å². The molecule has 0 spiro atoms. The monoisotopic (exact) mass is 287 g/mol. The molecule has 2 aromatic rings. The van der Waals surface area contributed by atoms with Crippen molar-refractivity contribution in [3.63, 3.8) is 0 Å². The highest BCUT2D eigenvalue weighted by molar-refractivity contribution is 6.00. The van der Waals surface area contributed by atoms with Gasteiger partial charge in [-0.25, -0.2) is 4.79 Å². The molecule has 0 aliphatic heterocycles. The van der Waals surface area contributed by atoms with Gasteiger partial charge in [0, 0.05) is 11.7 Å². The van der Waals surface area contributed by atoms with E-state index in [4.69, 9.17) is 0 Å². The predicted octanol–water partition coefficient (Wildman–Crippen LogP) is 2.95. The molecule has 4 N–H and O–H groups in total. The van der Waals surface area contributed by atoms with Gasteiger partial charge in [-0.3, -0.25) is 5.10 Å². The molecule has 0 saturated carbocycles. The van der Waals surface area contributed by atoms with Gasteiger partial charge in [0.05, 0.1) is 17.1 Å². The van der Waals surface area contributed by atoms with Crippen molar-refractivity contribution in [3.05, 3.63) is 41.2 Å². The van der Waals surface area contributed by atoms with Gasteiger partial charge in [0.15, 0.2) is 0 Å². The average Bonchev–Trinajstić information content (AvgIpc) is 2.78. The molecule has 21 heavy (non-hydrogen) atoms. The number of H-pyrrole nitrogens is 1. The van der Waals surface area contributed by atoms with E-state index in [2.05, 4.69) is 33.1 Å². The number of amides is 2. The summed E-state index contributed by atoms with van der Waals surface area (Å²) >= 11 is 0. The third-order valence-electron chi connectivity index (χ3n) is 3.44. The van der Waals surface area contributed by atoms with Crippen molar-refractivity contribution < 1.29 is 4.79 Å². The second kappa shape index (κ2) is 6.41. The van der Waals surface area contributed by atoms with Gasteiger partial charge >= 0.3 is 6.03 Å². The molecule has 0 radical (unpaired) electrons. The van der Waals surface area contributed by atoms with Gasteiger partial charge in [0.1, 0.15) is 0 Å². The van der Waals surface area contributed by atoms with Gasteiger partial charge in [-0.1, -0.05) is 12.1 Å². The molecule has 0 aliphatic rings. The van der Waals surface area contributed by atoms with Crippen molar-refractivity contribution in [2.24, 2.45) is 0 Å². The van der Waals surface area contributed by atoms with Crippen LogP contribution in [0.1, 0.15) is 29.9 Å². The number of aromatic amines is 1. The Morgan fingerprint density at radius 2 is 2.05 bits per heavy atom. The van der Waals surface area contributed by atoms with Crippen LogP contribution in [-0.4, -0.2) is 23.3 Å². The normalized spacial score (nSPS) is 12.0. The van der Waals surface area contributed by atoms with Crippen molar-refractivity contribution in [2.45, 2.75) is 26.8 Å². The Labute approximate surface area is 124 Å². The number of carbonyl (C=O) groups excluding carboxylic acids is 1. The van der Waals surface area contributed by atoms with Crippen LogP contribution in [0.25, 0.3) is 0 Å². The Kier molecular flexibility index (Phi) is 4.59. The number of urea groups is 1. The fraction of sp³-hybridized carbons (Fsp3) is 0.333. The largest absolute Gasteiger partial charge is 0.323 e. The summed E-state index contributed by atoms with van der Waals surface area (Å²) in [7, 11) is 1.90. The van der Waals surface area contributed by atoms with Crippen LogP contribution in [0, 0.1) is 13.8 Å². The molecule has 6 heteroatoms. The van der Waals surface area contributed by atoms with Crippen molar-refractivity contribution in [2.75, 3.05) is 17.7 Å². The number of nitrogens with zero attached hydrogens (tertiary/aromatic N) is 1. The van der Waals surface area contributed by atoms with Gasteiger partial charge in [-0.2, -0.15) is 5.10 Å². The topological polar surface area (TPSA) is 81.8 Å². The molecule has 112 valence electrons. The Morgan fingerprint density at radius 3 is 2.67 bits per heavy atom. The van der Waals surface area contributed by atoms with E-state index in [-0.39, 0.29) is 12.1 Å². The van der Waals surface area contributed by atoms with Crippen LogP contribution < -0.4 is 16.0 Å². The van der Waals surface area contributed by atoms with Gasteiger partial charge in [-0.15, -0.1) is 0 Å². The number of aromatic nitrogens is 2. The van der Waals surface area contributed by atoms with Crippen LogP contribution in [0.4, 0.5) is 16.2 Å². The number of anilines is 2. The Hall–Kier alpha value is -2.34. The van der Waals surface area contributed by atoms with E-state index in [1.807, 2.05) is 45.2 Å². The van der Waals surface area contributed by atoms with Crippen LogP contribution >= 0.6 is 0 Å². The number of nitrogens with one attached hydrogen (secondary N) is 4. The summed E-state index contributed by atoms with van der Waals surface area (Å²) in [5.41, 5.74) is 4.18. The highest BCUT2D eigenvalue weighted by atomic mass is 16.2. The molecule has 1 atom stereocenters. The number of rotatable bonds is 4. The molecule has 1 unspecified atom stereocenters. The number of hydrogen-bond acceptors (Lipinski definition) is 3. The fourth-order valence-corrected chi connectivity index (χ4v) is 2.06. The van der Waals surface area contributed by atoms with E-state index in [0.29, 0.717) is 5.69 Å². The van der Waals surface area contributed by atoms with E-state index in [9.17, 15) is 4.79 Å². The molecule has 2 amide bonds. The minimum atomic E-state index is -0.281. The lowest BCUT2D eigenvalue weighted by Gasteiger charge is -2.13. The molecule has 2 rings (SSSR count).